The minimum Gasteiger partial charge on any atom is -0.507 e. The predicted molar refractivity (Wildman–Crippen MR) is 122 cm³/mol. The molecule has 2 N–H and O–H groups in total. The Morgan fingerprint density at radius 3 is 2.39 bits per heavy atom. The number of hydrogen-bond acceptors (Lipinski definition) is 5. The molecule has 0 fully saturated rings. The highest BCUT2D eigenvalue weighted by Crippen LogP contribution is 2.35. The number of benzene rings is 4. The Morgan fingerprint density at radius 2 is 1.58 bits per heavy atom. The van der Waals surface area contributed by atoms with E-state index in [0.29, 0.717) is 28.3 Å². The van der Waals surface area contributed by atoms with Crippen molar-refractivity contribution in [1.82, 2.24) is 4.98 Å². The Labute approximate surface area is 178 Å². The average Bonchev–Trinajstić information content (AvgIpc) is 3.23. The Morgan fingerprint density at radius 1 is 0.774 bits per heavy atom. The fourth-order valence-electron chi connectivity index (χ4n) is 3.43. The minimum atomic E-state index is 0.0171. The van der Waals surface area contributed by atoms with E-state index < -0.39 is 0 Å². The third-order valence-corrected chi connectivity index (χ3v) is 5.01. The summed E-state index contributed by atoms with van der Waals surface area (Å²) in [5.41, 5.74) is 4.67. The van der Waals surface area contributed by atoms with Gasteiger partial charge in [0.1, 0.15) is 17.0 Å². The third-order valence-electron chi connectivity index (χ3n) is 5.01. The van der Waals surface area contributed by atoms with Crippen molar-refractivity contribution in [3.8, 4) is 34.1 Å². The lowest BCUT2D eigenvalue weighted by Crippen LogP contribution is -1.86. The van der Waals surface area contributed by atoms with E-state index in [0.717, 1.165) is 16.6 Å². The van der Waals surface area contributed by atoms with E-state index >= 15 is 0 Å². The minimum absolute atomic E-state index is 0.0171. The molecule has 0 spiro atoms. The number of nitrogens with zero attached hydrogens (tertiary/aromatic N) is 2. The molecule has 1 heterocycles. The molecule has 150 valence electrons. The zero-order chi connectivity index (χ0) is 21.2. The number of aliphatic imine (C=N–C) groups is 1. The molecule has 5 heteroatoms. The van der Waals surface area contributed by atoms with Gasteiger partial charge in [-0.15, -0.1) is 0 Å². The van der Waals surface area contributed by atoms with Crippen LogP contribution in [0.2, 0.25) is 0 Å². The number of oxazole rings is 1. The number of phenols is 2. The van der Waals surface area contributed by atoms with Gasteiger partial charge in [0.25, 0.3) is 0 Å². The normalized spacial score (nSPS) is 11.4. The van der Waals surface area contributed by atoms with Crippen LogP contribution in [0, 0.1) is 0 Å². The van der Waals surface area contributed by atoms with E-state index in [1.54, 1.807) is 30.5 Å². The number of rotatable bonds is 4. The van der Waals surface area contributed by atoms with E-state index in [9.17, 15) is 10.2 Å². The molecule has 0 aliphatic rings. The molecule has 5 aromatic rings. The van der Waals surface area contributed by atoms with Crippen LogP contribution in [0.4, 0.5) is 5.69 Å². The molecule has 31 heavy (non-hydrogen) atoms. The summed E-state index contributed by atoms with van der Waals surface area (Å²) in [7, 11) is 0. The molecule has 1 aromatic heterocycles. The first-order valence-electron chi connectivity index (χ1n) is 9.79. The van der Waals surface area contributed by atoms with Gasteiger partial charge in [-0.1, -0.05) is 54.6 Å². The largest absolute Gasteiger partial charge is 0.507 e. The topological polar surface area (TPSA) is 78.9 Å². The van der Waals surface area contributed by atoms with Gasteiger partial charge in [0.15, 0.2) is 5.58 Å². The summed E-state index contributed by atoms with van der Waals surface area (Å²) in [6.07, 6.45) is 1.58. The Hall–Kier alpha value is -4.38. The number of aromatic hydroxyl groups is 2. The molecule has 0 bridgehead atoms. The molecule has 4 aromatic carbocycles. The lowest BCUT2D eigenvalue weighted by Gasteiger charge is -2.07. The summed E-state index contributed by atoms with van der Waals surface area (Å²) in [4.78, 5) is 8.83. The van der Waals surface area contributed by atoms with E-state index in [4.69, 9.17) is 4.42 Å². The fourth-order valence-corrected chi connectivity index (χ4v) is 3.43. The zero-order valence-corrected chi connectivity index (χ0v) is 16.4. The number of para-hydroxylation sites is 3. The van der Waals surface area contributed by atoms with Gasteiger partial charge in [0.05, 0.1) is 11.3 Å². The van der Waals surface area contributed by atoms with Crippen LogP contribution in [-0.4, -0.2) is 21.4 Å². The summed E-state index contributed by atoms with van der Waals surface area (Å²) >= 11 is 0. The van der Waals surface area contributed by atoms with Crippen LogP contribution in [0.5, 0.6) is 11.5 Å². The third kappa shape index (κ3) is 3.65. The van der Waals surface area contributed by atoms with Gasteiger partial charge < -0.3 is 14.6 Å². The van der Waals surface area contributed by atoms with Crippen molar-refractivity contribution in [2.24, 2.45) is 4.99 Å². The number of phenolic OH excluding ortho intramolecular Hbond substituents is 2. The monoisotopic (exact) mass is 406 g/mol. The molecule has 0 saturated carbocycles. The highest BCUT2D eigenvalue weighted by molar-refractivity contribution is 5.90. The molecule has 0 aliphatic heterocycles. The van der Waals surface area contributed by atoms with Gasteiger partial charge in [0, 0.05) is 23.4 Å². The second-order valence-electron chi connectivity index (χ2n) is 7.06. The summed E-state index contributed by atoms with van der Waals surface area (Å²) < 4.78 is 5.73. The maximum Gasteiger partial charge on any atom is 0.231 e. The molecule has 0 atom stereocenters. The fraction of sp³-hybridized carbons (Fsp3) is 0. The van der Waals surface area contributed by atoms with Gasteiger partial charge in [-0.2, -0.15) is 0 Å². The van der Waals surface area contributed by atoms with E-state index in [1.807, 2.05) is 66.7 Å². The number of aromatic nitrogens is 1. The van der Waals surface area contributed by atoms with Crippen LogP contribution in [0.15, 0.2) is 100 Å². The number of fused-ring (bicyclic) bond motifs is 1. The van der Waals surface area contributed by atoms with Gasteiger partial charge >= 0.3 is 0 Å². The maximum absolute atomic E-state index is 10.7. The van der Waals surface area contributed by atoms with Gasteiger partial charge in [-0.05, 0) is 35.9 Å². The van der Waals surface area contributed by atoms with E-state index in [2.05, 4.69) is 9.98 Å². The van der Waals surface area contributed by atoms with Crippen molar-refractivity contribution in [2.75, 3.05) is 0 Å². The van der Waals surface area contributed by atoms with Crippen LogP contribution >= 0.6 is 0 Å². The van der Waals surface area contributed by atoms with Gasteiger partial charge in [-0.25, -0.2) is 4.98 Å². The van der Waals surface area contributed by atoms with Gasteiger partial charge in [0.2, 0.25) is 5.89 Å². The van der Waals surface area contributed by atoms with Crippen LogP contribution < -0.4 is 0 Å². The lowest BCUT2D eigenvalue weighted by molar-refractivity contribution is 0.474. The maximum atomic E-state index is 10.7. The van der Waals surface area contributed by atoms with Crippen molar-refractivity contribution in [2.45, 2.75) is 0 Å². The molecule has 5 rings (SSSR count). The predicted octanol–water partition coefficient (Wildman–Crippen LogP) is 6.32. The highest BCUT2D eigenvalue weighted by Gasteiger charge is 2.13. The smallest absolute Gasteiger partial charge is 0.231 e. The standard InChI is InChI=1S/C26H18N2O3/c29-23-15-19(13-14-21(23)26-28-22-11-4-5-12-24(22)31-26)27-16-18-9-6-10-20(25(18)30)17-7-2-1-3-8-17/h1-16,29-30H. The Balaban J connectivity index is 1.44. The molecular formula is C26H18N2O3. The summed E-state index contributed by atoms with van der Waals surface area (Å²) in [5.74, 6) is 0.524. The van der Waals surface area contributed by atoms with Crippen molar-refractivity contribution in [3.63, 3.8) is 0 Å². The highest BCUT2D eigenvalue weighted by atomic mass is 16.3. The van der Waals surface area contributed by atoms with Crippen LogP contribution in [-0.2, 0) is 0 Å². The van der Waals surface area contributed by atoms with Crippen molar-refractivity contribution in [1.29, 1.82) is 0 Å². The molecule has 0 amide bonds. The lowest BCUT2D eigenvalue weighted by atomic mass is 10.0. The molecule has 0 aliphatic carbocycles. The van der Waals surface area contributed by atoms with Crippen molar-refractivity contribution >= 4 is 23.0 Å². The van der Waals surface area contributed by atoms with E-state index in [-0.39, 0.29) is 11.5 Å². The molecule has 5 nitrogen and oxygen atoms in total. The van der Waals surface area contributed by atoms with Gasteiger partial charge in [-0.3, -0.25) is 4.99 Å². The second kappa shape index (κ2) is 7.80. The van der Waals surface area contributed by atoms with Crippen LogP contribution in [0.3, 0.4) is 0 Å². The Bertz CT molecular complexity index is 1370. The van der Waals surface area contributed by atoms with Crippen LogP contribution in [0.1, 0.15) is 5.56 Å². The zero-order valence-electron chi connectivity index (χ0n) is 16.4. The summed E-state index contributed by atoms with van der Waals surface area (Å²) in [5, 5.41) is 21.2. The second-order valence-corrected chi connectivity index (χ2v) is 7.06. The van der Waals surface area contributed by atoms with E-state index in [1.165, 1.54) is 0 Å². The van der Waals surface area contributed by atoms with Crippen molar-refractivity contribution in [3.05, 3.63) is 96.6 Å². The Kier molecular flexibility index (Phi) is 4.69. The number of hydrogen-bond donors (Lipinski definition) is 2. The molecular weight excluding hydrogens is 388 g/mol. The summed E-state index contributed by atoms with van der Waals surface area (Å²) in [6.45, 7) is 0. The molecule has 0 saturated heterocycles. The SMILES string of the molecule is Oc1cc(N=Cc2cccc(-c3ccccc3)c2O)ccc1-c1nc2ccccc2o1. The first-order valence-corrected chi connectivity index (χ1v) is 9.79. The molecule has 0 radical (unpaired) electrons. The first kappa shape index (κ1) is 18.6. The molecule has 0 unspecified atom stereocenters. The van der Waals surface area contributed by atoms with Crippen LogP contribution in [0.25, 0.3) is 33.7 Å². The van der Waals surface area contributed by atoms with Crippen molar-refractivity contribution < 1.29 is 14.6 Å². The quantitative estimate of drug-likeness (QED) is 0.342. The first-order chi connectivity index (χ1) is 15.2. The average molecular weight is 406 g/mol. The summed E-state index contributed by atoms with van der Waals surface area (Å²) in [6, 6.07) is 27.7.